The zero-order valence-electron chi connectivity index (χ0n) is 14.8. The van der Waals surface area contributed by atoms with Gasteiger partial charge in [-0.1, -0.05) is 42.5 Å². The van der Waals surface area contributed by atoms with E-state index in [0.717, 1.165) is 11.1 Å². The molecule has 0 aliphatic heterocycles. The summed E-state index contributed by atoms with van der Waals surface area (Å²) in [4.78, 5) is 12.2. The Balaban J connectivity index is 2.32. The Kier molecular flexibility index (Phi) is 6.04. The van der Waals surface area contributed by atoms with Crippen molar-refractivity contribution in [1.82, 2.24) is 5.32 Å². The van der Waals surface area contributed by atoms with Gasteiger partial charge in [0.1, 0.15) is 11.4 Å². The number of aromatic hydroxyl groups is 1. The van der Waals surface area contributed by atoms with Gasteiger partial charge in [-0.3, -0.25) is 0 Å². The van der Waals surface area contributed by atoms with Gasteiger partial charge in [-0.05, 0) is 44.0 Å². The number of aliphatic hydroxyl groups is 1. The molecule has 2 atom stereocenters. The van der Waals surface area contributed by atoms with E-state index in [1.54, 1.807) is 45.0 Å². The summed E-state index contributed by atoms with van der Waals surface area (Å²) < 4.78 is 5.31. The largest absolute Gasteiger partial charge is 0.508 e. The quantitative estimate of drug-likeness (QED) is 0.777. The number of aliphatic hydroxyl groups excluding tert-OH is 1. The van der Waals surface area contributed by atoms with Gasteiger partial charge in [-0.15, -0.1) is 0 Å². The van der Waals surface area contributed by atoms with E-state index in [1.165, 1.54) is 0 Å². The standard InChI is InChI=1S/C20H25NO4/c1-20(2,3)25-19(24)21-17(13-22)18(14-7-5-4-6-8-14)15-9-11-16(23)12-10-15/h4-12,17-18,22-23H,13H2,1-3H3,(H,21,24)/t17-,18+/m0/s1. The van der Waals surface area contributed by atoms with Crippen molar-refractivity contribution < 1.29 is 19.7 Å². The average Bonchev–Trinajstić information content (AvgIpc) is 2.55. The molecule has 0 aromatic heterocycles. The number of alkyl carbamates (subject to hydrolysis) is 1. The molecule has 2 aromatic carbocycles. The van der Waals surface area contributed by atoms with E-state index in [4.69, 9.17) is 4.74 Å². The predicted octanol–water partition coefficient (Wildman–Crippen LogP) is 3.41. The first kappa shape index (κ1) is 18.8. The average molecular weight is 343 g/mol. The second kappa shape index (κ2) is 8.03. The second-order valence-corrected chi connectivity index (χ2v) is 6.92. The fourth-order valence-corrected chi connectivity index (χ4v) is 2.69. The van der Waals surface area contributed by atoms with E-state index in [9.17, 15) is 15.0 Å². The monoisotopic (exact) mass is 343 g/mol. The molecule has 25 heavy (non-hydrogen) atoms. The van der Waals surface area contributed by atoms with Crippen LogP contribution in [0.4, 0.5) is 4.79 Å². The molecule has 2 rings (SSSR count). The van der Waals surface area contributed by atoms with Gasteiger partial charge in [-0.25, -0.2) is 4.79 Å². The fraction of sp³-hybridized carbons (Fsp3) is 0.350. The SMILES string of the molecule is CC(C)(C)OC(=O)N[C@@H](CO)[C@H](c1ccccc1)c1ccc(O)cc1. The van der Waals surface area contributed by atoms with Gasteiger partial charge in [0.2, 0.25) is 0 Å². The van der Waals surface area contributed by atoms with E-state index in [0.29, 0.717) is 0 Å². The van der Waals surface area contributed by atoms with Crippen molar-refractivity contribution in [3.05, 3.63) is 65.7 Å². The van der Waals surface area contributed by atoms with E-state index in [1.807, 2.05) is 30.3 Å². The highest BCUT2D eigenvalue weighted by Crippen LogP contribution is 2.29. The molecular weight excluding hydrogens is 318 g/mol. The van der Waals surface area contributed by atoms with Crippen molar-refractivity contribution >= 4 is 6.09 Å². The van der Waals surface area contributed by atoms with Gasteiger partial charge in [0.15, 0.2) is 0 Å². The molecule has 134 valence electrons. The summed E-state index contributed by atoms with van der Waals surface area (Å²) in [7, 11) is 0. The molecule has 0 fully saturated rings. The van der Waals surface area contributed by atoms with Crippen molar-refractivity contribution in [2.75, 3.05) is 6.61 Å². The lowest BCUT2D eigenvalue weighted by Gasteiger charge is -2.29. The minimum absolute atomic E-state index is 0.163. The van der Waals surface area contributed by atoms with Gasteiger partial charge in [0, 0.05) is 5.92 Å². The first-order valence-electron chi connectivity index (χ1n) is 8.24. The molecular formula is C20H25NO4. The predicted molar refractivity (Wildman–Crippen MR) is 96.6 cm³/mol. The number of ether oxygens (including phenoxy) is 1. The Morgan fingerprint density at radius 1 is 1.04 bits per heavy atom. The molecule has 5 nitrogen and oxygen atoms in total. The highest BCUT2D eigenvalue weighted by atomic mass is 16.6. The van der Waals surface area contributed by atoms with Crippen molar-refractivity contribution in [1.29, 1.82) is 0 Å². The summed E-state index contributed by atoms with van der Waals surface area (Å²) in [5, 5.41) is 22.2. The van der Waals surface area contributed by atoms with Crippen LogP contribution in [0, 0.1) is 0 Å². The van der Waals surface area contributed by atoms with Crippen LogP contribution in [0.2, 0.25) is 0 Å². The fourth-order valence-electron chi connectivity index (χ4n) is 2.69. The molecule has 5 heteroatoms. The smallest absolute Gasteiger partial charge is 0.407 e. The zero-order chi connectivity index (χ0) is 18.4. The Morgan fingerprint density at radius 3 is 2.12 bits per heavy atom. The zero-order valence-corrected chi connectivity index (χ0v) is 14.8. The highest BCUT2D eigenvalue weighted by molar-refractivity contribution is 5.68. The molecule has 0 aliphatic carbocycles. The van der Waals surface area contributed by atoms with E-state index in [2.05, 4.69) is 5.32 Å². The summed E-state index contributed by atoms with van der Waals surface area (Å²) in [6.07, 6.45) is -0.578. The van der Waals surface area contributed by atoms with E-state index >= 15 is 0 Å². The van der Waals surface area contributed by atoms with Gasteiger partial charge in [0.05, 0.1) is 12.6 Å². The van der Waals surface area contributed by atoms with Crippen molar-refractivity contribution in [3.63, 3.8) is 0 Å². The first-order chi connectivity index (χ1) is 11.8. The number of nitrogens with one attached hydrogen (secondary N) is 1. The normalized spacial score (nSPS) is 13.8. The van der Waals surface area contributed by atoms with Crippen LogP contribution in [0.3, 0.4) is 0 Å². The van der Waals surface area contributed by atoms with Crippen LogP contribution in [0.1, 0.15) is 37.8 Å². The van der Waals surface area contributed by atoms with Gasteiger partial charge in [-0.2, -0.15) is 0 Å². The highest BCUT2D eigenvalue weighted by Gasteiger charge is 2.28. The molecule has 0 bridgehead atoms. The number of hydrogen-bond donors (Lipinski definition) is 3. The molecule has 0 saturated heterocycles. The van der Waals surface area contributed by atoms with Crippen LogP contribution in [-0.4, -0.2) is 34.6 Å². The summed E-state index contributed by atoms with van der Waals surface area (Å²) in [6, 6.07) is 15.8. The molecule has 0 saturated carbocycles. The van der Waals surface area contributed by atoms with Crippen LogP contribution in [0.25, 0.3) is 0 Å². The lowest BCUT2D eigenvalue weighted by Crippen LogP contribution is -2.44. The molecule has 3 N–H and O–H groups in total. The lowest BCUT2D eigenvalue weighted by atomic mass is 9.85. The number of benzene rings is 2. The summed E-state index contributed by atoms with van der Waals surface area (Å²) in [5.41, 5.74) is 1.20. The maximum Gasteiger partial charge on any atom is 0.407 e. The van der Waals surface area contributed by atoms with Crippen molar-refractivity contribution in [2.24, 2.45) is 0 Å². The minimum atomic E-state index is -0.620. The molecule has 0 aliphatic rings. The Hall–Kier alpha value is -2.53. The number of hydrogen-bond acceptors (Lipinski definition) is 4. The summed E-state index contributed by atoms with van der Waals surface area (Å²) >= 11 is 0. The summed E-state index contributed by atoms with van der Waals surface area (Å²) in [5.74, 6) is -0.115. The molecule has 0 spiro atoms. The number of carbonyl (C=O) groups is 1. The number of carbonyl (C=O) groups excluding carboxylic acids is 1. The van der Waals surface area contributed by atoms with Crippen LogP contribution >= 0.6 is 0 Å². The number of phenolic OH excluding ortho intramolecular Hbond substituents is 1. The molecule has 0 radical (unpaired) electrons. The number of amides is 1. The van der Waals surface area contributed by atoms with Crippen LogP contribution < -0.4 is 5.32 Å². The Morgan fingerprint density at radius 2 is 1.60 bits per heavy atom. The third-order valence-corrected chi connectivity index (χ3v) is 3.71. The third-order valence-electron chi connectivity index (χ3n) is 3.71. The number of phenols is 1. The minimum Gasteiger partial charge on any atom is -0.508 e. The summed E-state index contributed by atoms with van der Waals surface area (Å²) in [6.45, 7) is 5.11. The van der Waals surface area contributed by atoms with Gasteiger partial charge in [0.25, 0.3) is 0 Å². The molecule has 2 aromatic rings. The second-order valence-electron chi connectivity index (χ2n) is 6.92. The molecule has 0 heterocycles. The van der Waals surface area contributed by atoms with Crippen LogP contribution in [0.5, 0.6) is 5.75 Å². The maximum atomic E-state index is 12.2. The van der Waals surface area contributed by atoms with Gasteiger partial charge < -0.3 is 20.3 Å². The molecule has 0 unspecified atom stereocenters. The van der Waals surface area contributed by atoms with Crippen LogP contribution in [-0.2, 0) is 4.74 Å². The third kappa shape index (κ3) is 5.50. The van der Waals surface area contributed by atoms with Crippen molar-refractivity contribution in [3.8, 4) is 5.75 Å². The van der Waals surface area contributed by atoms with Crippen molar-refractivity contribution in [2.45, 2.75) is 38.3 Å². The van der Waals surface area contributed by atoms with Gasteiger partial charge >= 0.3 is 6.09 Å². The van der Waals surface area contributed by atoms with E-state index < -0.39 is 17.7 Å². The number of rotatable bonds is 5. The Labute approximate surface area is 148 Å². The Bertz CT molecular complexity index is 677. The molecule has 1 amide bonds. The topological polar surface area (TPSA) is 78.8 Å². The van der Waals surface area contributed by atoms with E-state index in [-0.39, 0.29) is 18.3 Å². The first-order valence-corrected chi connectivity index (χ1v) is 8.24. The maximum absolute atomic E-state index is 12.2. The van der Waals surface area contributed by atoms with Crippen LogP contribution in [0.15, 0.2) is 54.6 Å². The lowest BCUT2D eigenvalue weighted by molar-refractivity contribution is 0.0476.